The maximum Gasteiger partial charge on any atom is 0.348 e. The van der Waals surface area contributed by atoms with Crippen molar-refractivity contribution in [3.63, 3.8) is 0 Å². The van der Waals surface area contributed by atoms with Crippen LogP contribution in [0.5, 0.6) is 5.75 Å². The first-order valence-corrected chi connectivity index (χ1v) is 10.6. The molecule has 0 saturated heterocycles. The number of methoxy groups -OCH3 is 1. The van der Waals surface area contributed by atoms with Crippen molar-refractivity contribution in [3.8, 4) is 5.75 Å². The van der Waals surface area contributed by atoms with Gasteiger partial charge in [0.25, 0.3) is 5.91 Å². The molecule has 0 spiro atoms. The topological polar surface area (TPSA) is 93.2 Å². The average Bonchev–Trinajstić information content (AvgIpc) is 2.76. The van der Waals surface area contributed by atoms with Gasteiger partial charge in [0.05, 0.1) is 30.8 Å². The molecule has 0 unspecified atom stereocenters. The molecule has 1 heterocycles. The lowest BCUT2D eigenvalue weighted by atomic mass is 10.1. The number of hydrogen-bond donors (Lipinski definition) is 0. The van der Waals surface area contributed by atoms with E-state index >= 15 is 0 Å². The Morgan fingerprint density at radius 2 is 1.93 bits per heavy atom. The number of esters is 1. The second kappa shape index (κ2) is 8.12. The molecule has 3 rings (SSSR count). The molecule has 9 heteroatoms. The second-order valence-electron chi connectivity index (χ2n) is 6.43. The van der Waals surface area contributed by atoms with Gasteiger partial charge in [-0.2, -0.15) is 0 Å². The third kappa shape index (κ3) is 4.04. The molecule has 0 fully saturated rings. The van der Waals surface area contributed by atoms with E-state index in [0.717, 1.165) is 4.31 Å². The van der Waals surface area contributed by atoms with Gasteiger partial charge in [0.1, 0.15) is 5.75 Å². The Morgan fingerprint density at radius 3 is 2.62 bits per heavy atom. The molecular formula is C20H22N2O6S. The number of amides is 1. The Kier molecular flexibility index (Phi) is 5.78. The SMILES string of the molecule is CCS(=O)(=O)N(C)c1cccc(C(=O)N2C[C@H](C(=O)OC)Oc3ccccc32)c1. The molecule has 0 aromatic heterocycles. The summed E-state index contributed by atoms with van der Waals surface area (Å²) in [6.45, 7) is 1.54. The van der Waals surface area contributed by atoms with Crippen molar-refractivity contribution in [2.45, 2.75) is 13.0 Å². The van der Waals surface area contributed by atoms with Crippen molar-refractivity contribution >= 4 is 33.3 Å². The number of benzene rings is 2. The molecule has 0 aliphatic carbocycles. The highest BCUT2D eigenvalue weighted by atomic mass is 32.2. The van der Waals surface area contributed by atoms with Gasteiger partial charge in [-0.25, -0.2) is 13.2 Å². The van der Waals surface area contributed by atoms with Gasteiger partial charge in [-0.15, -0.1) is 0 Å². The fraction of sp³-hybridized carbons (Fsp3) is 0.300. The Labute approximate surface area is 169 Å². The van der Waals surface area contributed by atoms with Crippen LogP contribution in [0.25, 0.3) is 0 Å². The summed E-state index contributed by atoms with van der Waals surface area (Å²) < 4.78 is 35.9. The molecule has 0 saturated carbocycles. The second-order valence-corrected chi connectivity index (χ2v) is 8.72. The normalized spacial score (nSPS) is 15.8. The van der Waals surface area contributed by atoms with Crippen LogP contribution in [0.1, 0.15) is 17.3 Å². The molecule has 0 radical (unpaired) electrons. The van der Waals surface area contributed by atoms with E-state index in [0.29, 0.717) is 22.7 Å². The summed E-state index contributed by atoms with van der Waals surface area (Å²) in [6.07, 6.45) is -0.954. The molecule has 1 aliphatic rings. The number of sulfonamides is 1. The average molecular weight is 418 g/mol. The monoisotopic (exact) mass is 418 g/mol. The fourth-order valence-corrected chi connectivity index (χ4v) is 3.85. The van der Waals surface area contributed by atoms with E-state index in [1.54, 1.807) is 49.4 Å². The van der Waals surface area contributed by atoms with Gasteiger partial charge in [-0.05, 0) is 37.3 Å². The lowest BCUT2D eigenvalue weighted by Crippen LogP contribution is -2.47. The molecule has 2 aromatic rings. The predicted molar refractivity (Wildman–Crippen MR) is 109 cm³/mol. The molecule has 154 valence electrons. The Bertz CT molecular complexity index is 1040. The van der Waals surface area contributed by atoms with E-state index in [-0.39, 0.29) is 18.2 Å². The van der Waals surface area contributed by atoms with Crippen LogP contribution in [0.15, 0.2) is 48.5 Å². The minimum Gasteiger partial charge on any atom is -0.475 e. The van der Waals surface area contributed by atoms with Crippen molar-refractivity contribution in [2.75, 3.05) is 35.7 Å². The van der Waals surface area contributed by atoms with Crippen molar-refractivity contribution in [1.82, 2.24) is 0 Å². The summed E-state index contributed by atoms with van der Waals surface area (Å²) >= 11 is 0. The van der Waals surface area contributed by atoms with Crippen LogP contribution < -0.4 is 13.9 Å². The molecule has 29 heavy (non-hydrogen) atoms. The number of hydrogen-bond acceptors (Lipinski definition) is 6. The van der Waals surface area contributed by atoms with Crippen molar-refractivity contribution in [1.29, 1.82) is 0 Å². The summed E-state index contributed by atoms with van der Waals surface area (Å²) in [5, 5.41) is 0. The smallest absolute Gasteiger partial charge is 0.348 e. The number of carbonyl (C=O) groups excluding carboxylic acids is 2. The van der Waals surface area contributed by atoms with Crippen LogP contribution in [0.3, 0.4) is 0 Å². The summed E-state index contributed by atoms with van der Waals surface area (Å²) in [5.41, 5.74) is 1.20. The highest BCUT2D eigenvalue weighted by Crippen LogP contribution is 2.34. The largest absolute Gasteiger partial charge is 0.475 e. The van der Waals surface area contributed by atoms with Crippen LogP contribution >= 0.6 is 0 Å². The highest BCUT2D eigenvalue weighted by molar-refractivity contribution is 7.92. The maximum atomic E-state index is 13.3. The fourth-order valence-electron chi connectivity index (χ4n) is 3.03. The van der Waals surface area contributed by atoms with Crippen LogP contribution in [0.4, 0.5) is 11.4 Å². The number of anilines is 2. The zero-order valence-corrected chi connectivity index (χ0v) is 17.2. The lowest BCUT2D eigenvalue weighted by molar-refractivity contribution is -0.148. The van der Waals surface area contributed by atoms with Crippen molar-refractivity contribution in [2.24, 2.45) is 0 Å². The number of carbonyl (C=O) groups is 2. The molecule has 2 aromatic carbocycles. The van der Waals surface area contributed by atoms with E-state index in [1.807, 2.05) is 0 Å². The first-order chi connectivity index (χ1) is 13.8. The Balaban J connectivity index is 1.97. The van der Waals surface area contributed by atoms with E-state index in [1.165, 1.54) is 25.1 Å². The van der Waals surface area contributed by atoms with Crippen molar-refractivity contribution in [3.05, 3.63) is 54.1 Å². The molecule has 0 N–H and O–H groups in total. The van der Waals surface area contributed by atoms with Crippen LogP contribution in [-0.2, 0) is 19.6 Å². The van der Waals surface area contributed by atoms with Crippen molar-refractivity contribution < 1.29 is 27.5 Å². The number of nitrogens with zero attached hydrogens (tertiary/aromatic N) is 2. The minimum atomic E-state index is -3.46. The van der Waals surface area contributed by atoms with Gasteiger partial charge in [0, 0.05) is 12.6 Å². The third-order valence-electron chi connectivity index (χ3n) is 4.72. The van der Waals surface area contributed by atoms with E-state index < -0.39 is 22.1 Å². The third-order valence-corrected chi connectivity index (χ3v) is 6.50. The minimum absolute atomic E-state index is 0.0180. The van der Waals surface area contributed by atoms with E-state index in [9.17, 15) is 18.0 Å². The van der Waals surface area contributed by atoms with Gasteiger partial charge < -0.3 is 14.4 Å². The molecule has 1 amide bonds. The van der Waals surface area contributed by atoms with Gasteiger partial charge >= 0.3 is 5.97 Å². The summed E-state index contributed by atoms with van der Waals surface area (Å²) in [7, 11) is -0.763. The van der Waals surface area contributed by atoms with Gasteiger partial charge in [0.2, 0.25) is 16.1 Å². The molecular weight excluding hydrogens is 396 g/mol. The maximum absolute atomic E-state index is 13.3. The number of para-hydroxylation sites is 2. The predicted octanol–water partition coefficient (Wildman–Crippen LogP) is 2.05. The van der Waals surface area contributed by atoms with Gasteiger partial charge in [-0.1, -0.05) is 18.2 Å². The summed E-state index contributed by atoms with van der Waals surface area (Å²) in [5.74, 6) is -0.623. The molecule has 8 nitrogen and oxygen atoms in total. The Morgan fingerprint density at radius 1 is 1.21 bits per heavy atom. The quantitative estimate of drug-likeness (QED) is 0.690. The molecule has 1 atom stereocenters. The molecule has 0 bridgehead atoms. The summed E-state index contributed by atoms with van der Waals surface area (Å²) in [4.78, 5) is 26.7. The zero-order chi connectivity index (χ0) is 21.2. The first-order valence-electron chi connectivity index (χ1n) is 9.00. The zero-order valence-electron chi connectivity index (χ0n) is 16.4. The lowest BCUT2D eigenvalue weighted by Gasteiger charge is -2.33. The van der Waals surface area contributed by atoms with Crippen LogP contribution in [-0.4, -0.2) is 52.9 Å². The van der Waals surface area contributed by atoms with Gasteiger partial charge in [-0.3, -0.25) is 9.10 Å². The van der Waals surface area contributed by atoms with Crippen LogP contribution in [0.2, 0.25) is 0 Å². The highest BCUT2D eigenvalue weighted by Gasteiger charge is 2.35. The summed E-state index contributed by atoms with van der Waals surface area (Å²) in [6, 6.07) is 13.2. The number of ether oxygens (including phenoxy) is 2. The van der Waals surface area contributed by atoms with Gasteiger partial charge in [0.15, 0.2) is 0 Å². The number of fused-ring (bicyclic) bond motifs is 1. The Hall–Kier alpha value is -3.07. The van der Waals surface area contributed by atoms with E-state index in [4.69, 9.17) is 9.47 Å². The van der Waals surface area contributed by atoms with Crippen LogP contribution in [0, 0.1) is 0 Å². The van der Waals surface area contributed by atoms with E-state index in [2.05, 4.69) is 0 Å². The number of rotatable bonds is 5. The first kappa shape index (κ1) is 20.7. The molecule has 1 aliphatic heterocycles. The standard InChI is InChI=1S/C20H22N2O6S/c1-4-29(25,26)21(2)15-9-7-8-14(12-15)19(23)22-13-18(20(24)27-3)28-17-11-6-5-10-16(17)22/h5-12,18H,4,13H2,1-3H3/t18-/m1/s1.